The van der Waals surface area contributed by atoms with Crippen molar-refractivity contribution < 1.29 is 4.79 Å². The van der Waals surface area contributed by atoms with E-state index in [1.807, 2.05) is 43.5 Å². The molecule has 0 bridgehead atoms. The SMILES string of the molecule is CCc1nc2ccccc2n1[C@H](CC)C(=O)NCc1cnn2cccnc12. The standard InChI is InChI=1S/C20H22N6O/c1-3-16(26-17-9-6-5-8-15(17)24-18(26)4-2)20(27)22-12-14-13-23-25-11-7-10-21-19(14)25/h5-11,13,16H,3-4,12H2,1-2H3,(H,22,27)/t16-/m1/s1. The van der Waals surface area contributed by atoms with Gasteiger partial charge < -0.3 is 9.88 Å². The van der Waals surface area contributed by atoms with E-state index in [1.165, 1.54) is 0 Å². The lowest BCUT2D eigenvalue weighted by Crippen LogP contribution is -2.32. The van der Waals surface area contributed by atoms with Crippen LogP contribution in [0.15, 0.2) is 48.9 Å². The maximum Gasteiger partial charge on any atom is 0.243 e. The third kappa shape index (κ3) is 3.05. The molecule has 0 saturated heterocycles. The number of benzene rings is 1. The lowest BCUT2D eigenvalue weighted by Gasteiger charge is -2.19. The summed E-state index contributed by atoms with van der Waals surface area (Å²) >= 11 is 0. The van der Waals surface area contributed by atoms with E-state index in [2.05, 4.69) is 26.9 Å². The number of rotatable bonds is 6. The van der Waals surface area contributed by atoms with E-state index in [4.69, 9.17) is 4.98 Å². The minimum atomic E-state index is -0.304. The van der Waals surface area contributed by atoms with Crippen molar-refractivity contribution in [1.82, 2.24) is 29.5 Å². The quantitative estimate of drug-likeness (QED) is 0.572. The van der Waals surface area contributed by atoms with Crippen LogP contribution in [0.4, 0.5) is 0 Å². The number of aryl methyl sites for hydroxylation is 1. The first-order valence-corrected chi connectivity index (χ1v) is 9.23. The molecule has 0 fully saturated rings. The number of aromatic nitrogens is 5. The maximum absolute atomic E-state index is 13.0. The van der Waals surface area contributed by atoms with E-state index in [9.17, 15) is 4.79 Å². The monoisotopic (exact) mass is 362 g/mol. The molecule has 0 aliphatic rings. The summed E-state index contributed by atoms with van der Waals surface area (Å²) in [6.07, 6.45) is 6.77. The average Bonchev–Trinajstić information content (AvgIpc) is 3.28. The summed E-state index contributed by atoms with van der Waals surface area (Å²) < 4.78 is 3.77. The second-order valence-corrected chi connectivity index (χ2v) is 6.44. The summed E-state index contributed by atoms with van der Waals surface area (Å²) in [7, 11) is 0. The Morgan fingerprint density at radius 2 is 2.07 bits per heavy atom. The molecule has 0 aliphatic heterocycles. The van der Waals surface area contributed by atoms with Crippen molar-refractivity contribution >= 4 is 22.6 Å². The van der Waals surface area contributed by atoms with Crippen LogP contribution in [0.5, 0.6) is 0 Å². The summed E-state index contributed by atoms with van der Waals surface area (Å²) in [5.41, 5.74) is 3.57. The molecule has 0 saturated carbocycles. The maximum atomic E-state index is 13.0. The van der Waals surface area contributed by atoms with Gasteiger partial charge in [0, 0.05) is 30.9 Å². The first-order chi connectivity index (χ1) is 13.2. The molecule has 138 valence electrons. The molecule has 27 heavy (non-hydrogen) atoms. The zero-order chi connectivity index (χ0) is 18.8. The highest BCUT2D eigenvalue weighted by molar-refractivity contribution is 5.84. The predicted octanol–water partition coefficient (Wildman–Crippen LogP) is 2.91. The zero-order valence-electron chi connectivity index (χ0n) is 15.5. The van der Waals surface area contributed by atoms with Crippen molar-refractivity contribution in [3.63, 3.8) is 0 Å². The van der Waals surface area contributed by atoms with Gasteiger partial charge >= 0.3 is 0 Å². The normalized spacial score (nSPS) is 12.5. The number of hydrogen-bond donors (Lipinski definition) is 1. The van der Waals surface area contributed by atoms with E-state index in [1.54, 1.807) is 16.9 Å². The minimum absolute atomic E-state index is 0.0226. The molecule has 1 N–H and O–H groups in total. The second-order valence-electron chi connectivity index (χ2n) is 6.44. The van der Waals surface area contributed by atoms with Crippen LogP contribution in [0.2, 0.25) is 0 Å². The van der Waals surface area contributed by atoms with Gasteiger partial charge in [-0.2, -0.15) is 5.10 Å². The molecule has 0 unspecified atom stereocenters. The molecule has 0 aliphatic carbocycles. The number of fused-ring (bicyclic) bond motifs is 2. The predicted molar refractivity (Wildman–Crippen MR) is 103 cm³/mol. The van der Waals surface area contributed by atoms with Crippen LogP contribution in [0.25, 0.3) is 16.7 Å². The van der Waals surface area contributed by atoms with Crippen molar-refractivity contribution in [2.75, 3.05) is 0 Å². The van der Waals surface area contributed by atoms with Gasteiger partial charge in [0.25, 0.3) is 0 Å². The van der Waals surface area contributed by atoms with E-state index in [-0.39, 0.29) is 11.9 Å². The average molecular weight is 362 g/mol. The Kier molecular flexibility index (Phi) is 4.58. The Morgan fingerprint density at radius 3 is 2.89 bits per heavy atom. The van der Waals surface area contributed by atoms with E-state index >= 15 is 0 Å². The number of nitrogens with one attached hydrogen (secondary N) is 1. The first-order valence-electron chi connectivity index (χ1n) is 9.23. The van der Waals surface area contributed by atoms with Crippen molar-refractivity contribution in [3.8, 4) is 0 Å². The van der Waals surface area contributed by atoms with Gasteiger partial charge in [0.2, 0.25) is 5.91 Å². The molecule has 1 aromatic carbocycles. The van der Waals surface area contributed by atoms with Crippen LogP contribution >= 0.6 is 0 Å². The molecule has 7 heteroatoms. The summed E-state index contributed by atoms with van der Waals surface area (Å²) in [4.78, 5) is 22.0. The van der Waals surface area contributed by atoms with Gasteiger partial charge in [0.05, 0.1) is 17.2 Å². The minimum Gasteiger partial charge on any atom is -0.350 e. The number of carbonyl (C=O) groups excluding carboxylic acids is 1. The largest absolute Gasteiger partial charge is 0.350 e. The first kappa shape index (κ1) is 17.2. The molecule has 4 aromatic rings. The van der Waals surface area contributed by atoms with Crippen LogP contribution in [0, 0.1) is 0 Å². The Morgan fingerprint density at radius 1 is 1.22 bits per heavy atom. The van der Waals surface area contributed by atoms with Crippen molar-refractivity contribution in [2.45, 2.75) is 39.3 Å². The lowest BCUT2D eigenvalue weighted by molar-refractivity contribution is -0.124. The molecule has 7 nitrogen and oxygen atoms in total. The summed E-state index contributed by atoms with van der Waals surface area (Å²) in [5.74, 6) is 0.904. The molecule has 3 heterocycles. The fourth-order valence-corrected chi connectivity index (χ4v) is 3.48. The highest BCUT2D eigenvalue weighted by atomic mass is 16.2. The topological polar surface area (TPSA) is 77.1 Å². The summed E-state index contributed by atoms with van der Waals surface area (Å²) in [6.45, 7) is 4.48. The molecule has 0 radical (unpaired) electrons. The van der Waals surface area contributed by atoms with Crippen LogP contribution in [-0.2, 0) is 17.8 Å². The number of amides is 1. The fraction of sp³-hybridized carbons (Fsp3) is 0.300. The van der Waals surface area contributed by atoms with Gasteiger partial charge in [0.15, 0.2) is 5.65 Å². The zero-order valence-corrected chi connectivity index (χ0v) is 15.5. The van der Waals surface area contributed by atoms with E-state index < -0.39 is 0 Å². The number of carbonyl (C=O) groups is 1. The van der Waals surface area contributed by atoms with Gasteiger partial charge in [-0.25, -0.2) is 14.5 Å². The van der Waals surface area contributed by atoms with Crippen molar-refractivity contribution in [1.29, 1.82) is 0 Å². The third-order valence-corrected chi connectivity index (χ3v) is 4.79. The molecule has 4 rings (SSSR count). The molecule has 3 aromatic heterocycles. The Balaban J connectivity index is 1.60. The van der Waals surface area contributed by atoms with Gasteiger partial charge in [-0.05, 0) is 24.6 Å². The molecule has 1 amide bonds. The number of nitrogens with zero attached hydrogens (tertiary/aromatic N) is 5. The van der Waals surface area contributed by atoms with Crippen LogP contribution < -0.4 is 5.32 Å². The molecule has 0 spiro atoms. The van der Waals surface area contributed by atoms with Crippen LogP contribution in [-0.4, -0.2) is 30.1 Å². The number of imidazole rings is 1. The third-order valence-electron chi connectivity index (χ3n) is 4.79. The highest BCUT2D eigenvalue weighted by Crippen LogP contribution is 2.24. The highest BCUT2D eigenvalue weighted by Gasteiger charge is 2.23. The van der Waals surface area contributed by atoms with Crippen LogP contribution in [0.1, 0.15) is 37.7 Å². The Hall–Kier alpha value is -3.22. The van der Waals surface area contributed by atoms with Gasteiger partial charge in [-0.1, -0.05) is 26.0 Å². The molecular weight excluding hydrogens is 340 g/mol. The van der Waals surface area contributed by atoms with Crippen LogP contribution in [0.3, 0.4) is 0 Å². The van der Waals surface area contributed by atoms with Crippen molar-refractivity contribution in [3.05, 3.63) is 60.3 Å². The molecule has 1 atom stereocenters. The number of hydrogen-bond acceptors (Lipinski definition) is 4. The Labute approximate surface area is 157 Å². The number of para-hydroxylation sites is 2. The smallest absolute Gasteiger partial charge is 0.243 e. The van der Waals surface area contributed by atoms with Gasteiger partial charge in [-0.3, -0.25) is 4.79 Å². The Bertz CT molecular complexity index is 1100. The van der Waals surface area contributed by atoms with E-state index in [0.29, 0.717) is 13.0 Å². The van der Waals surface area contributed by atoms with Gasteiger partial charge in [0.1, 0.15) is 11.9 Å². The lowest BCUT2D eigenvalue weighted by atomic mass is 10.1. The fourth-order valence-electron chi connectivity index (χ4n) is 3.48. The molecular formula is C20H22N6O. The van der Waals surface area contributed by atoms with Crippen molar-refractivity contribution in [2.24, 2.45) is 0 Å². The van der Waals surface area contributed by atoms with Gasteiger partial charge in [-0.15, -0.1) is 0 Å². The summed E-state index contributed by atoms with van der Waals surface area (Å²) in [5, 5.41) is 7.32. The second kappa shape index (κ2) is 7.19. The summed E-state index contributed by atoms with van der Waals surface area (Å²) in [6, 6.07) is 9.48. The van der Waals surface area contributed by atoms with E-state index in [0.717, 1.165) is 34.5 Å².